The van der Waals surface area contributed by atoms with Gasteiger partial charge in [-0.05, 0) is 5.92 Å². The van der Waals surface area contributed by atoms with E-state index in [1.54, 1.807) is 11.3 Å². The monoisotopic (exact) mass is 155 g/mol. The number of hydrogen-bond acceptors (Lipinski definition) is 2. The number of thiazole rings is 1. The molecule has 10 heavy (non-hydrogen) atoms. The molecule has 0 fully saturated rings. The molecule has 0 aliphatic carbocycles. The molecule has 0 aromatic carbocycles. The minimum atomic E-state index is 0.603. The maximum Gasteiger partial charge on any atom is 0.0794 e. The van der Waals surface area contributed by atoms with Gasteiger partial charge in [0.2, 0.25) is 0 Å². The molecule has 1 atom stereocenters. The second kappa shape index (κ2) is 3.15. The second-order valence-electron chi connectivity index (χ2n) is 2.95. The maximum absolute atomic E-state index is 4.26. The van der Waals surface area contributed by atoms with Crippen molar-refractivity contribution in [3.8, 4) is 0 Å². The number of aromatic nitrogens is 1. The van der Waals surface area contributed by atoms with E-state index in [0.717, 1.165) is 0 Å². The fraction of sp³-hybridized carbons (Fsp3) is 0.625. The first-order chi connectivity index (χ1) is 4.72. The van der Waals surface area contributed by atoms with Crippen LogP contribution in [-0.2, 0) is 0 Å². The smallest absolute Gasteiger partial charge is 0.0794 e. The standard InChI is InChI=1S/C8H13NS/c1-6(2)7(3)8-4-10-5-9-8/h4-7H,1-3H3. The molecular formula is C8H13NS. The van der Waals surface area contributed by atoms with Crippen molar-refractivity contribution in [1.29, 1.82) is 0 Å². The average molecular weight is 155 g/mol. The summed E-state index contributed by atoms with van der Waals surface area (Å²) in [4.78, 5) is 4.26. The van der Waals surface area contributed by atoms with E-state index >= 15 is 0 Å². The predicted molar refractivity (Wildman–Crippen MR) is 45.4 cm³/mol. The Morgan fingerprint density at radius 2 is 2.10 bits per heavy atom. The molecule has 0 radical (unpaired) electrons. The van der Waals surface area contributed by atoms with Crippen molar-refractivity contribution in [1.82, 2.24) is 4.98 Å². The van der Waals surface area contributed by atoms with Gasteiger partial charge in [-0.3, -0.25) is 0 Å². The maximum atomic E-state index is 4.26. The summed E-state index contributed by atoms with van der Waals surface area (Å²) in [6, 6.07) is 0. The van der Waals surface area contributed by atoms with E-state index < -0.39 is 0 Å². The highest BCUT2D eigenvalue weighted by Gasteiger charge is 2.10. The summed E-state index contributed by atoms with van der Waals surface area (Å²) in [7, 11) is 0. The van der Waals surface area contributed by atoms with Gasteiger partial charge in [0.05, 0.1) is 11.2 Å². The van der Waals surface area contributed by atoms with Crippen LogP contribution in [0.5, 0.6) is 0 Å². The third-order valence-corrected chi connectivity index (χ3v) is 2.52. The number of nitrogens with zero attached hydrogens (tertiary/aromatic N) is 1. The molecule has 0 saturated carbocycles. The first-order valence-corrected chi connectivity index (χ1v) is 4.54. The summed E-state index contributed by atoms with van der Waals surface area (Å²) >= 11 is 1.67. The van der Waals surface area contributed by atoms with Crippen LogP contribution in [0.1, 0.15) is 32.4 Å². The quantitative estimate of drug-likeness (QED) is 0.640. The molecule has 0 saturated heterocycles. The number of rotatable bonds is 2. The SMILES string of the molecule is CC(C)C(C)c1cscn1. The fourth-order valence-electron chi connectivity index (χ4n) is 0.788. The Balaban J connectivity index is 2.68. The van der Waals surface area contributed by atoms with Gasteiger partial charge in [0.1, 0.15) is 0 Å². The molecule has 0 N–H and O–H groups in total. The average Bonchev–Trinajstić information content (AvgIpc) is 2.36. The first kappa shape index (κ1) is 7.73. The molecule has 0 aliphatic heterocycles. The van der Waals surface area contributed by atoms with E-state index in [4.69, 9.17) is 0 Å². The fourth-order valence-corrected chi connectivity index (χ4v) is 1.45. The molecule has 1 heterocycles. The van der Waals surface area contributed by atoms with Gasteiger partial charge < -0.3 is 0 Å². The van der Waals surface area contributed by atoms with Crippen molar-refractivity contribution in [3.63, 3.8) is 0 Å². The van der Waals surface area contributed by atoms with E-state index in [1.165, 1.54) is 5.69 Å². The third kappa shape index (κ3) is 1.57. The molecule has 1 aromatic heterocycles. The van der Waals surface area contributed by atoms with Crippen LogP contribution in [0.4, 0.5) is 0 Å². The molecule has 1 nitrogen and oxygen atoms in total. The first-order valence-electron chi connectivity index (χ1n) is 3.60. The van der Waals surface area contributed by atoms with Crippen LogP contribution in [0, 0.1) is 5.92 Å². The van der Waals surface area contributed by atoms with Gasteiger partial charge in [0.25, 0.3) is 0 Å². The third-order valence-electron chi connectivity index (χ3n) is 1.92. The molecule has 1 aromatic rings. The molecular weight excluding hydrogens is 142 g/mol. The highest BCUT2D eigenvalue weighted by molar-refractivity contribution is 7.07. The minimum Gasteiger partial charge on any atom is -0.249 e. The molecule has 0 spiro atoms. The van der Waals surface area contributed by atoms with Crippen LogP contribution in [-0.4, -0.2) is 4.98 Å². The van der Waals surface area contributed by atoms with E-state index in [2.05, 4.69) is 31.1 Å². The van der Waals surface area contributed by atoms with Crippen molar-refractivity contribution in [2.45, 2.75) is 26.7 Å². The Kier molecular flexibility index (Phi) is 2.44. The van der Waals surface area contributed by atoms with Gasteiger partial charge in [-0.2, -0.15) is 0 Å². The van der Waals surface area contributed by atoms with Gasteiger partial charge in [0.15, 0.2) is 0 Å². The molecule has 0 bridgehead atoms. The van der Waals surface area contributed by atoms with Crippen molar-refractivity contribution >= 4 is 11.3 Å². The summed E-state index contributed by atoms with van der Waals surface area (Å²) in [6.45, 7) is 6.67. The zero-order valence-electron chi connectivity index (χ0n) is 6.66. The highest BCUT2D eigenvalue weighted by Crippen LogP contribution is 2.22. The molecule has 2 heteroatoms. The summed E-state index contributed by atoms with van der Waals surface area (Å²) in [6.07, 6.45) is 0. The topological polar surface area (TPSA) is 12.9 Å². The van der Waals surface area contributed by atoms with Gasteiger partial charge in [-0.25, -0.2) is 4.98 Å². The van der Waals surface area contributed by atoms with Crippen LogP contribution in [0.25, 0.3) is 0 Å². The normalized spacial score (nSPS) is 14.0. The Labute approximate surface area is 66.1 Å². The zero-order chi connectivity index (χ0) is 7.56. The summed E-state index contributed by atoms with van der Waals surface area (Å²) in [5, 5.41) is 2.13. The molecule has 0 aliphatic rings. The lowest BCUT2D eigenvalue weighted by Crippen LogP contribution is -2.01. The van der Waals surface area contributed by atoms with Crippen LogP contribution >= 0.6 is 11.3 Å². The molecule has 1 rings (SSSR count). The van der Waals surface area contributed by atoms with Gasteiger partial charge in [-0.15, -0.1) is 11.3 Å². The van der Waals surface area contributed by atoms with Gasteiger partial charge in [-0.1, -0.05) is 20.8 Å². The van der Waals surface area contributed by atoms with Crippen molar-refractivity contribution in [3.05, 3.63) is 16.6 Å². The predicted octanol–water partition coefficient (Wildman–Crippen LogP) is 2.90. The van der Waals surface area contributed by atoms with E-state index in [1.807, 2.05) is 5.51 Å². The summed E-state index contributed by atoms with van der Waals surface area (Å²) in [5.74, 6) is 1.30. The van der Waals surface area contributed by atoms with Crippen LogP contribution in [0.2, 0.25) is 0 Å². The molecule has 1 unspecified atom stereocenters. The minimum absolute atomic E-state index is 0.603. The van der Waals surface area contributed by atoms with E-state index in [9.17, 15) is 0 Å². The van der Waals surface area contributed by atoms with Crippen molar-refractivity contribution in [2.24, 2.45) is 5.92 Å². The molecule has 56 valence electrons. The number of hydrogen-bond donors (Lipinski definition) is 0. The zero-order valence-corrected chi connectivity index (χ0v) is 7.48. The van der Waals surface area contributed by atoms with E-state index in [-0.39, 0.29) is 0 Å². The lowest BCUT2D eigenvalue weighted by atomic mass is 9.96. The Bertz CT molecular complexity index is 179. The van der Waals surface area contributed by atoms with Crippen molar-refractivity contribution < 1.29 is 0 Å². The van der Waals surface area contributed by atoms with Crippen molar-refractivity contribution in [2.75, 3.05) is 0 Å². The van der Waals surface area contributed by atoms with Gasteiger partial charge >= 0.3 is 0 Å². The Morgan fingerprint density at radius 3 is 2.50 bits per heavy atom. The summed E-state index contributed by atoms with van der Waals surface area (Å²) in [5.41, 5.74) is 3.13. The lowest BCUT2D eigenvalue weighted by Gasteiger charge is -2.11. The van der Waals surface area contributed by atoms with Crippen LogP contribution in [0.3, 0.4) is 0 Å². The second-order valence-corrected chi connectivity index (χ2v) is 3.66. The van der Waals surface area contributed by atoms with Gasteiger partial charge in [0, 0.05) is 11.3 Å². The van der Waals surface area contributed by atoms with Crippen LogP contribution in [0.15, 0.2) is 10.9 Å². The van der Waals surface area contributed by atoms with Crippen LogP contribution < -0.4 is 0 Å². The summed E-state index contributed by atoms with van der Waals surface area (Å²) < 4.78 is 0. The largest absolute Gasteiger partial charge is 0.249 e. The van der Waals surface area contributed by atoms with E-state index in [0.29, 0.717) is 11.8 Å². The lowest BCUT2D eigenvalue weighted by molar-refractivity contribution is 0.526. The Hall–Kier alpha value is -0.370. The highest BCUT2D eigenvalue weighted by atomic mass is 32.1. The Morgan fingerprint density at radius 1 is 1.40 bits per heavy atom. The molecule has 0 amide bonds.